The third kappa shape index (κ3) is 6.78. The van der Waals surface area contributed by atoms with Gasteiger partial charge >= 0.3 is 11.7 Å². The van der Waals surface area contributed by atoms with Gasteiger partial charge in [-0.05, 0) is 45.7 Å². The standard InChI is InChI=1S/C16H20N2O5/c1-16(2,3)23-15(19)6-4-5-9-22-14-8-7-12(11-17)10-13(14)18(20)21/h7-8,10H,4-6,9H2,1-3H3. The maximum absolute atomic E-state index is 11.5. The molecule has 0 atom stereocenters. The molecule has 1 rings (SSSR count). The smallest absolute Gasteiger partial charge is 0.312 e. The van der Waals surface area contributed by atoms with Gasteiger partial charge in [-0.1, -0.05) is 0 Å². The number of nitriles is 1. The first-order chi connectivity index (χ1) is 10.7. The lowest BCUT2D eigenvalue weighted by molar-refractivity contribution is -0.385. The van der Waals surface area contributed by atoms with Crippen LogP contribution in [0.2, 0.25) is 0 Å². The van der Waals surface area contributed by atoms with Gasteiger partial charge in [0.1, 0.15) is 5.60 Å². The first kappa shape index (κ1) is 18.4. The van der Waals surface area contributed by atoms with Crippen molar-refractivity contribution in [1.29, 1.82) is 5.26 Å². The fraction of sp³-hybridized carbons (Fsp3) is 0.500. The second-order valence-corrected chi connectivity index (χ2v) is 5.94. The van der Waals surface area contributed by atoms with Gasteiger partial charge in [0, 0.05) is 12.5 Å². The van der Waals surface area contributed by atoms with E-state index < -0.39 is 10.5 Å². The summed E-state index contributed by atoms with van der Waals surface area (Å²) in [6.45, 7) is 5.66. The number of nitro benzene ring substituents is 1. The molecular weight excluding hydrogens is 300 g/mol. The normalized spacial score (nSPS) is 10.7. The number of hydrogen-bond donors (Lipinski definition) is 0. The zero-order chi connectivity index (χ0) is 17.5. The molecule has 1 aromatic rings. The number of ether oxygens (including phenoxy) is 2. The van der Waals surface area contributed by atoms with E-state index in [0.717, 1.165) is 0 Å². The minimum absolute atomic E-state index is 0.117. The largest absolute Gasteiger partial charge is 0.487 e. The fourth-order valence-electron chi connectivity index (χ4n) is 1.80. The van der Waals surface area contributed by atoms with E-state index >= 15 is 0 Å². The predicted molar refractivity (Wildman–Crippen MR) is 83.0 cm³/mol. The molecule has 0 spiro atoms. The molecule has 0 bridgehead atoms. The van der Waals surface area contributed by atoms with Crippen molar-refractivity contribution < 1.29 is 19.2 Å². The molecule has 0 saturated heterocycles. The van der Waals surface area contributed by atoms with Gasteiger partial charge in [0.05, 0.1) is 23.2 Å². The number of benzene rings is 1. The van der Waals surface area contributed by atoms with Crippen molar-refractivity contribution in [3.05, 3.63) is 33.9 Å². The van der Waals surface area contributed by atoms with E-state index in [1.54, 1.807) is 20.8 Å². The highest BCUT2D eigenvalue weighted by Crippen LogP contribution is 2.28. The number of esters is 1. The van der Waals surface area contributed by atoms with Crippen molar-refractivity contribution in [3.63, 3.8) is 0 Å². The molecular formula is C16H20N2O5. The molecule has 0 N–H and O–H groups in total. The Bertz CT molecular complexity index is 614. The average Bonchev–Trinajstić information content (AvgIpc) is 2.45. The van der Waals surface area contributed by atoms with Gasteiger partial charge in [-0.25, -0.2) is 0 Å². The molecule has 124 valence electrons. The lowest BCUT2D eigenvalue weighted by Crippen LogP contribution is -2.23. The van der Waals surface area contributed by atoms with Crippen LogP contribution in [0.3, 0.4) is 0 Å². The molecule has 0 amide bonds. The Morgan fingerprint density at radius 2 is 2.04 bits per heavy atom. The molecule has 0 radical (unpaired) electrons. The summed E-state index contributed by atoms with van der Waals surface area (Å²) in [4.78, 5) is 21.9. The molecule has 7 heteroatoms. The molecule has 1 aromatic carbocycles. The van der Waals surface area contributed by atoms with E-state index in [2.05, 4.69) is 0 Å². The summed E-state index contributed by atoms with van der Waals surface area (Å²) in [6.07, 6.45) is 1.41. The van der Waals surface area contributed by atoms with Crippen LogP contribution in [0.1, 0.15) is 45.6 Å². The van der Waals surface area contributed by atoms with Crippen LogP contribution in [0.15, 0.2) is 18.2 Å². The highest BCUT2D eigenvalue weighted by molar-refractivity contribution is 5.69. The van der Waals surface area contributed by atoms with Crippen molar-refractivity contribution in [1.82, 2.24) is 0 Å². The number of carbonyl (C=O) groups is 1. The van der Waals surface area contributed by atoms with Crippen LogP contribution in [0.5, 0.6) is 5.75 Å². The van der Waals surface area contributed by atoms with E-state index in [1.807, 2.05) is 6.07 Å². The van der Waals surface area contributed by atoms with Crippen molar-refractivity contribution in [2.75, 3.05) is 6.61 Å². The van der Waals surface area contributed by atoms with Crippen LogP contribution in [-0.2, 0) is 9.53 Å². The molecule has 0 aromatic heterocycles. The molecule has 0 aliphatic carbocycles. The molecule has 0 heterocycles. The number of unbranched alkanes of at least 4 members (excludes halogenated alkanes) is 1. The van der Waals surface area contributed by atoms with Gasteiger partial charge < -0.3 is 9.47 Å². The van der Waals surface area contributed by atoms with Crippen molar-refractivity contribution in [3.8, 4) is 11.8 Å². The first-order valence-corrected chi connectivity index (χ1v) is 7.26. The van der Waals surface area contributed by atoms with Gasteiger partial charge in [-0.2, -0.15) is 5.26 Å². The lowest BCUT2D eigenvalue weighted by atomic mass is 10.2. The number of carbonyl (C=O) groups excluding carboxylic acids is 1. The van der Waals surface area contributed by atoms with Crippen molar-refractivity contribution in [2.24, 2.45) is 0 Å². The molecule has 0 fully saturated rings. The molecule has 0 aliphatic heterocycles. The van der Waals surface area contributed by atoms with E-state index in [1.165, 1.54) is 18.2 Å². The van der Waals surface area contributed by atoms with Crippen LogP contribution >= 0.6 is 0 Å². The van der Waals surface area contributed by atoms with Crippen molar-refractivity contribution >= 4 is 11.7 Å². The van der Waals surface area contributed by atoms with Crippen LogP contribution < -0.4 is 4.74 Å². The third-order valence-electron chi connectivity index (χ3n) is 2.74. The van der Waals surface area contributed by atoms with Gasteiger partial charge in [-0.15, -0.1) is 0 Å². The Morgan fingerprint density at radius 1 is 1.35 bits per heavy atom. The van der Waals surface area contributed by atoms with E-state index in [0.29, 0.717) is 12.8 Å². The number of nitro groups is 1. The minimum atomic E-state index is -0.586. The van der Waals surface area contributed by atoms with Gasteiger partial charge in [0.25, 0.3) is 0 Å². The van der Waals surface area contributed by atoms with E-state index in [4.69, 9.17) is 14.7 Å². The average molecular weight is 320 g/mol. The SMILES string of the molecule is CC(C)(C)OC(=O)CCCCOc1ccc(C#N)cc1[N+](=O)[O-]. The second-order valence-electron chi connectivity index (χ2n) is 5.94. The molecule has 0 saturated carbocycles. The second kappa shape index (κ2) is 8.13. The number of hydrogen-bond acceptors (Lipinski definition) is 6. The Kier molecular flexibility index (Phi) is 6.51. The minimum Gasteiger partial charge on any atom is -0.487 e. The maximum atomic E-state index is 11.5. The Hall–Kier alpha value is -2.62. The summed E-state index contributed by atoms with van der Waals surface area (Å²) in [7, 11) is 0. The summed E-state index contributed by atoms with van der Waals surface area (Å²) < 4.78 is 10.6. The monoisotopic (exact) mass is 320 g/mol. The maximum Gasteiger partial charge on any atom is 0.312 e. The third-order valence-corrected chi connectivity index (χ3v) is 2.74. The summed E-state index contributed by atoms with van der Waals surface area (Å²) in [6, 6.07) is 5.89. The summed E-state index contributed by atoms with van der Waals surface area (Å²) in [5, 5.41) is 19.7. The Balaban J connectivity index is 2.44. The van der Waals surface area contributed by atoms with Gasteiger partial charge in [-0.3, -0.25) is 14.9 Å². The summed E-state index contributed by atoms with van der Waals surface area (Å²) >= 11 is 0. The Morgan fingerprint density at radius 3 is 2.61 bits per heavy atom. The molecule has 0 unspecified atom stereocenters. The van der Waals surface area contributed by atoms with Crippen molar-refractivity contribution in [2.45, 2.75) is 45.6 Å². The lowest BCUT2D eigenvalue weighted by Gasteiger charge is -2.19. The summed E-state index contributed by atoms with van der Waals surface area (Å²) in [5.41, 5.74) is -0.540. The van der Waals surface area contributed by atoms with E-state index in [-0.39, 0.29) is 36.0 Å². The van der Waals surface area contributed by atoms with Gasteiger partial charge in [0.15, 0.2) is 5.75 Å². The van der Waals surface area contributed by atoms with Crippen LogP contribution in [-0.4, -0.2) is 23.1 Å². The number of nitrogens with zero attached hydrogens (tertiary/aromatic N) is 2. The van der Waals surface area contributed by atoms with E-state index in [9.17, 15) is 14.9 Å². The summed E-state index contributed by atoms with van der Waals surface area (Å²) in [5.74, 6) is -0.159. The first-order valence-electron chi connectivity index (χ1n) is 7.26. The highest BCUT2D eigenvalue weighted by atomic mass is 16.6. The molecule has 0 aliphatic rings. The Labute approximate surface area is 135 Å². The van der Waals surface area contributed by atoms with Crippen LogP contribution in [0.4, 0.5) is 5.69 Å². The van der Waals surface area contributed by atoms with Crippen LogP contribution in [0.25, 0.3) is 0 Å². The fourth-order valence-corrected chi connectivity index (χ4v) is 1.80. The highest BCUT2D eigenvalue weighted by Gasteiger charge is 2.17. The molecule has 23 heavy (non-hydrogen) atoms. The van der Waals surface area contributed by atoms with Crippen LogP contribution in [0, 0.1) is 21.4 Å². The molecule has 7 nitrogen and oxygen atoms in total. The topological polar surface area (TPSA) is 102 Å². The number of rotatable bonds is 7. The zero-order valence-corrected chi connectivity index (χ0v) is 13.5. The quantitative estimate of drug-likeness (QED) is 0.330. The zero-order valence-electron chi connectivity index (χ0n) is 13.5. The predicted octanol–water partition coefficient (Wildman–Crippen LogP) is 3.36. The van der Waals surface area contributed by atoms with Gasteiger partial charge in [0.2, 0.25) is 0 Å².